The lowest BCUT2D eigenvalue weighted by Crippen LogP contribution is -2.13. The fourth-order valence-corrected chi connectivity index (χ4v) is 3.68. The van der Waals surface area contributed by atoms with Crippen LogP contribution in [-0.2, 0) is 14.8 Å². The van der Waals surface area contributed by atoms with Crippen molar-refractivity contribution in [3.8, 4) is 5.75 Å². The third-order valence-corrected chi connectivity index (χ3v) is 5.17. The van der Waals surface area contributed by atoms with Gasteiger partial charge in [-0.2, -0.15) is 0 Å². The number of anilines is 2. The molecule has 0 aromatic heterocycles. The summed E-state index contributed by atoms with van der Waals surface area (Å²) in [5.74, 6) is 0.117. The Morgan fingerprint density at radius 1 is 0.962 bits per heavy atom. The van der Waals surface area contributed by atoms with Gasteiger partial charge in [0.2, 0.25) is 5.91 Å². The lowest BCUT2D eigenvalue weighted by atomic mass is 10.1. The van der Waals surface area contributed by atoms with Crippen molar-refractivity contribution in [3.05, 3.63) is 60.7 Å². The van der Waals surface area contributed by atoms with Gasteiger partial charge in [-0.1, -0.05) is 30.3 Å². The van der Waals surface area contributed by atoms with Gasteiger partial charge in [-0.25, -0.2) is 8.42 Å². The van der Waals surface area contributed by atoms with E-state index in [0.717, 1.165) is 10.8 Å². The van der Waals surface area contributed by atoms with Crippen molar-refractivity contribution in [1.82, 2.24) is 0 Å². The summed E-state index contributed by atoms with van der Waals surface area (Å²) in [5.41, 5.74) is 0.803. The van der Waals surface area contributed by atoms with E-state index in [9.17, 15) is 13.2 Å². The molecule has 1 amide bonds. The first-order valence-corrected chi connectivity index (χ1v) is 9.34. The molecule has 0 saturated carbocycles. The van der Waals surface area contributed by atoms with E-state index in [1.165, 1.54) is 20.1 Å². The number of methoxy groups -OCH3 is 1. The van der Waals surface area contributed by atoms with Crippen molar-refractivity contribution < 1.29 is 17.9 Å². The Balaban J connectivity index is 1.92. The predicted molar refractivity (Wildman–Crippen MR) is 102 cm³/mol. The number of rotatable bonds is 5. The number of ether oxygens (including phenoxy) is 1. The largest absolute Gasteiger partial charge is 0.494 e. The summed E-state index contributed by atoms with van der Waals surface area (Å²) in [7, 11) is -2.31. The highest BCUT2D eigenvalue weighted by Crippen LogP contribution is 2.29. The van der Waals surface area contributed by atoms with E-state index >= 15 is 0 Å². The lowest BCUT2D eigenvalue weighted by Gasteiger charge is -2.13. The summed E-state index contributed by atoms with van der Waals surface area (Å²) in [4.78, 5) is 11.4. The molecule has 0 aliphatic carbocycles. The summed E-state index contributed by atoms with van der Waals surface area (Å²) in [6.45, 7) is 1.38. The molecule has 134 valence electrons. The highest BCUT2D eigenvalue weighted by atomic mass is 32.2. The minimum atomic E-state index is -3.76. The number of nitrogens with one attached hydrogen (secondary N) is 2. The number of amides is 1. The van der Waals surface area contributed by atoms with Crippen molar-refractivity contribution >= 4 is 38.1 Å². The minimum absolute atomic E-state index is 0.168. The predicted octanol–water partition coefficient (Wildman–Crippen LogP) is 3.61. The molecule has 0 aliphatic heterocycles. The van der Waals surface area contributed by atoms with Gasteiger partial charge in [-0.15, -0.1) is 0 Å². The standard InChI is InChI=1S/C19H18N2O4S/c1-13(22)20-18-10-8-16(12-19(18)25-2)21-26(23,24)17-9-7-14-5-3-4-6-15(14)11-17/h3-12,21H,1-2H3,(H,20,22). The minimum Gasteiger partial charge on any atom is -0.494 e. The van der Waals surface area contributed by atoms with E-state index in [2.05, 4.69) is 10.0 Å². The van der Waals surface area contributed by atoms with Crippen LogP contribution >= 0.6 is 0 Å². The molecule has 2 N–H and O–H groups in total. The molecule has 3 aromatic carbocycles. The maximum atomic E-state index is 12.7. The molecule has 3 rings (SSSR count). The number of fused-ring (bicyclic) bond motifs is 1. The van der Waals surface area contributed by atoms with Crippen LogP contribution in [0.3, 0.4) is 0 Å². The normalized spacial score (nSPS) is 11.2. The lowest BCUT2D eigenvalue weighted by molar-refractivity contribution is -0.114. The first-order chi connectivity index (χ1) is 12.4. The number of benzene rings is 3. The number of carbonyl (C=O) groups is 1. The quantitative estimate of drug-likeness (QED) is 0.719. The van der Waals surface area contributed by atoms with E-state index in [-0.39, 0.29) is 10.8 Å². The van der Waals surface area contributed by atoms with Gasteiger partial charge in [-0.05, 0) is 35.0 Å². The first-order valence-electron chi connectivity index (χ1n) is 7.86. The molecule has 7 heteroatoms. The van der Waals surface area contributed by atoms with Crippen molar-refractivity contribution in [2.75, 3.05) is 17.1 Å². The van der Waals surface area contributed by atoms with E-state index in [4.69, 9.17) is 4.74 Å². The third-order valence-electron chi connectivity index (χ3n) is 3.80. The summed E-state index contributed by atoms with van der Waals surface area (Å²) >= 11 is 0. The highest BCUT2D eigenvalue weighted by Gasteiger charge is 2.16. The van der Waals surface area contributed by atoms with Gasteiger partial charge in [0, 0.05) is 13.0 Å². The van der Waals surface area contributed by atoms with Crippen LogP contribution in [0.25, 0.3) is 10.8 Å². The van der Waals surface area contributed by atoms with Crippen LogP contribution in [0.15, 0.2) is 65.6 Å². The monoisotopic (exact) mass is 370 g/mol. The SMILES string of the molecule is COc1cc(NS(=O)(=O)c2ccc3ccccc3c2)ccc1NC(C)=O. The van der Waals surface area contributed by atoms with Crippen molar-refractivity contribution in [2.24, 2.45) is 0 Å². The zero-order valence-electron chi connectivity index (χ0n) is 14.3. The zero-order chi connectivity index (χ0) is 18.7. The van der Waals surface area contributed by atoms with Crippen molar-refractivity contribution in [3.63, 3.8) is 0 Å². The molecule has 0 fully saturated rings. The summed E-state index contributed by atoms with van der Waals surface area (Å²) < 4.78 is 33.1. The van der Waals surface area contributed by atoms with Crippen molar-refractivity contribution in [2.45, 2.75) is 11.8 Å². The average Bonchev–Trinajstić information content (AvgIpc) is 2.62. The topological polar surface area (TPSA) is 84.5 Å². The second-order valence-electron chi connectivity index (χ2n) is 5.71. The zero-order valence-corrected chi connectivity index (χ0v) is 15.1. The molecule has 0 radical (unpaired) electrons. The fourth-order valence-electron chi connectivity index (χ4n) is 2.60. The molecule has 0 saturated heterocycles. The molecule has 0 heterocycles. The molecule has 0 atom stereocenters. The number of sulfonamides is 1. The molecule has 26 heavy (non-hydrogen) atoms. The molecule has 3 aromatic rings. The molecular formula is C19H18N2O4S. The van der Waals surface area contributed by atoms with Gasteiger partial charge in [-0.3, -0.25) is 9.52 Å². The molecule has 0 aliphatic rings. The fraction of sp³-hybridized carbons (Fsp3) is 0.105. The number of hydrogen-bond acceptors (Lipinski definition) is 4. The Bertz CT molecular complexity index is 1080. The van der Waals surface area contributed by atoms with E-state index < -0.39 is 10.0 Å². The van der Waals surface area contributed by atoms with Crippen LogP contribution < -0.4 is 14.8 Å². The maximum absolute atomic E-state index is 12.7. The Morgan fingerprint density at radius 2 is 1.69 bits per heavy atom. The van der Waals surface area contributed by atoms with Gasteiger partial charge >= 0.3 is 0 Å². The van der Waals surface area contributed by atoms with Crippen molar-refractivity contribution in [1.29, 1.82) is 0 Å². The molecule has 0 spiro atoms. The Kier molecular flexibility index (Phi) is 4.81. The summed E-state index contributed by atoms with van der Waals surface area (Å²) in [6.07, 6.45) is 0. The van der Waals surface area contributed by atoms with Crippen LogP contribution in [0.4, 0.5) is 11.4 Å². The van der Waals surface area contributed by atoms with E-state index in [1.54, 1.807) is 30.3 Å². The Morgan fingerprint density at radius 3 is 2.38 bits per heavy atom. The van der Waals surface area contributed by atoms with Crippen LogP contribution in [-0.4, -0.2) is 21.4 Å². The van der Waals surface area contributed by atoms with Crippen LogP contribution in [0.2, 0.25) is 0 Å². The molecular weight excluding hydrogens is 352 g/mol. The van der Waals surface area contributed by atoms with Gasteiger partial charge in [0.15, 0.2) is 0 Å². The Labute approximate surface area is 151 Å². The second-order valence-corrected chi connectivity index (χ2v) is 7.39. The smallest absolute Gasteiger partial charge is 0.261 e. The highest BCUT2D eigenvalue weighted by molar-refractivity contribution is 7.92. The van der Waals surface area contributed by atoms with Gasteiger partial charge in [0.1, 0.15) is 5.75 Å². The number of hydrogen-bond donors (Lipinski definition) is 2. The van der Waals surface area contributed by atoms with Gasteiger partial charge in [0.05, 0.1) is 23.4 Å². The van der Waals surface area contributed by atoms with Gasteiger partial charge < -0.3 is 10.1 Å². The maximum Gasteiger partial charge on any atom is 0.261 e. The van der Waals surface area contributed by atoms with E-state index in [1.807, 2.05) is 24.3 Å². The number of carbonyl (C=O) groups excluding carboxylic acids is 1. The summed E-state index contributed by atoms with van der Waals surface area (Å²) in [6, 6.07) is 17.2. The molecule has 6 nitrogen and oxygen atoms in total. The average molecular weight is 370 g/mol. The summed E-state index contributed by atoms with van der Waals surface area (Å²) in [5, 5.41) is 4.43. The third kappa shape index (κ3) is 3.78. The second kappa shape index (κ2) is 7.05. The van der Waals surface area contributed by atoms with Crippen LogP contribution in [0.5, 0.6) is 5.75 Å². The van der Waals surface area contributed by atoms with Crippen LogP contribution in [0.1, 0.15) is 6.92 Å². The first kappa shape index (κ1) is 17.8. The van der Waals surface area contributed by atoms with E-state index in [0.29, 0.717) is 17.1 Å². The molecule has 0 bridgehead atoms. The Hall–Kier alpha value is -3.06. The van der Waals surface area contributed by atoms with Crippen LogP contribution in [0, 0.1) is 0 Å². The molecule has 0 unspecified atom stereocenters. The van der Waals surface area contributed by atoms with Gasteiger partial charge in [0.25, 0.3) is 10.0 Å².